The monoisotopic (exact) mass is 366 g/mol. The summed E-state index contributed by atoms with van der Waals surface area (Å²) in [6.45, 7) is -0.293. The smallest absolute Gasteiger partial charge is 0.273 e. The molecular weight excluding hydrogens is 348 g/mol. The van der Waals surface area contributed by atoms with Crippen LogP contribution in [0, 0.1) is 15.5 Å². The van der Waals surface area contributed by atoms with Crippen LogP contribution in [-0.4, -0.2) is 57.5 Å². The van der Waals surface area contributed by atoms with E-state index in [0.29, 0.717) is 12.2 Å². The number of ether oxygens (including phenoxy) is 1. The van der Waals surface area contributed by atoms with Gasteiger partial charge in [0.15, 0.2) is 0 Å². The maximum absolute atomic E-state index is 12.5. The van der Waals surface area contributed by atoms with E-state index < -0.39 is 16.4 Å². The van der Waals surface area contributed by atoms with E-state index in [1.165, 1.54) is 24.3 Å². The van der Waals surface area contributed by atoms with Crippen molar-refractivity contribution in [2.75, 3.05) is 24.7 Å². The van der Waals surface area contributed by atoms with Crippen molar-refractivity contribution in [3.05, 3.63) is 34.4 Å². The van der Waals surface area contributed by atoms with Crippen LogP contribution in [-0.2, 0) is 9.59 Å². The number of benzene rings is 1. The molecule has 25 heavy (non-hydrogen) atoms. The first kappa shape index (κ1) is 17.7. The molecule has 0 radical (unpaired) electrons. The molecule has 2 aliphatic rings. The van der Waals surface area contributed by atoms with Crippen molar-refractivity contribution in [2.45, 2.75) is 18.9 Å². The molecular formula is C16H18N2O6S. The van der Waals surface area contributed by atoms with Crippen LogP contribution >= 0.6 is 11.8 Å². The number of carbonyl (C=O) groups excluding carboxylic acids is 2. The number of β-amino-alcohol motifs (C(OH)–C–C–N with tert-alkyl or cyclic N) is 1. The summed E-state index contributed by atoms with van der Waals surface area (Å²) in [4.78, 5) is 36.0. The lowest BCUT2D eigenvalue weighted by Gasteiger charge is -2.22. The molecule has 8 nitrogen and oxygen atoms in total. The Bertz CT molecular complexity index is 704. The summed E-state index contributed by atoms with van der Waals surface area (Å²) in [6.07, 6.45) is -0.160. The maximum Gasteiger partial charge on any atom is 0.273 e. The number of nitro groups is 1. The second-order valence-corrected chi connectivity index (χ2v) is 7.39. The number of amides is 2. The molecule has 2 atom stereocenters. The van der Waals surface area contributed by atoms with Gasteiger partial charge >= 0.3 is 0 Å². The molecule has 9 heteroatoms. The van der Waals surface area contributed by atoms with E-state index in [2.05, 4.69) is 0 Å². The van der Waals surface area contributed by atoms with Crippen molar-refractivity contribution in [3.8, 4) is 5.75 Å². The first-order chi connectivity index (χ1) is 11.9. The molecule has 1 N–H and O–H groups in total. The van der Waals surface area contributed by atoms with Crippen LogP contribution in [0.15, 0.2) is 24.3 Å². The van der Waals surface area contributed by atoms with Crippen molar-refractivity contribution in [1.82, 2.24) is 4.90 Å². The standard InChI is InChI=1S/C16H18N2O6S/c19-12(9-24-13-3-1-2-11(6-13)18(22)23)8-17-14(20)7-16(15(17)21)4-5-25-10-16/h1-3,6,12,19H,4-5,7-10H2/t12-,16-/m1/s1. The van der Waals surface area contributed by atoms with Crippen LogP contribution in [0.3, 0.4) is 0 Å². The first-order valence-corrected chi connectivity index (χ1v) is 9.05. The lowest BCUT2D eigenvalue weighted by atomic mass is 9.86. The van der Waals surface area contributed by atoms with Crippen LogP contribution in [0.1, 0.15) is 12.8 Å². The third kappa shape index (κ3) is 3.62. The number of aliphatic hydroxyl groups excluding tert-OH is 1. The van der Waals surface area contributed by atoms with Crippen LogP contribution in [0.2, 0.25) is 0 Å². The van der Waals surface area contributed by atoms with E-state index in [9.17, 15) is 24.8 Å². The summed E-state index contributed by atoms with van der Waals surface area (Å²) >= 11 is 1.67. The van der Waals surface area contributed by atoms with Gasteiger partial charge < -0.3 is 9.84 Å². The molecule has 2 amide bonds. The molecule has 1 spiro atoms. The Kier molecular flexibility index (Phi) is 4.96. The van der Waals surface area contributed by atoms with Gasteiger partial charge in [-0.1, -0.05) is 6.07 Å². The molecule has 2 aliphatic heterocycles. The molecule has 3 rings (SSSR count). The minimum absolute atomic E-state index is 0.113. The van der Waals surface area contributed by atoms with Gasteiger partial charge in [0.1, 0.15) is 18.5 Å². The summed E-state index contributed by atoms with van der Waals surface area (Å²) in [7, 11) is 0. The van der Waals surface area contributed by atoms with Gasteiger partial charge in [-0.15, -0.1) is 0 Å². The van der Waals surface area contributed by atoms with Crippen molar-refractivity contribution >= 4 is 29.3 Å². The number of aliphatic hydroxyl groups is 1. The normalized spacial score (nSPS) is 24.1. The SMILES string of the molecule is O=C1C[C@@]2(CCSC2)C(=O)N1C[C@@H](O)COc1cccc([N+](=O)[O-])c1. The van der Waals surface area contributed by atoms with E-state index in [0.717, 1.165) is 10.7 Å². The minimum Gasteiger partial charge on any atom is -0.491 e. The van der Waals surface area contributed by atoms with Crippen molar-refractivity contribution in [3.63, 3.8) is 0 Å². The average molecular weight is 366 g/mol. The third-order valence-electron chi connectivity index (χ3n) is 4.46. The molecule has 2 saturated heterocycles. The van der Waals surface area contributed by atoms with E-state index in [1.807, 2.05) is 0 Å². The molecule has 0 aromatic heterocycles. The zero-order valence-electron chi connectivity index (χ0n) is 13.4. The molecule has 0 saturated carbocycles. The number of imide groups is 1. The summed E-state index contributed by atoms with van der Waals surface area (Å²) in [5, 5.41) is 20.8. The second kappa shape index (κ2) is 7.01. The van der Waals surface area contributed by atoms with Gasteiger partial charge in [0.2, 0.25) is 11.8 Å². The number of hydrogen-bond donors (Lipinski definition) is 1. The second-order valence-electron chi connectivity index (χ2n) is 6.29. The summed E-state index contributed by atoms with van der Waals surface area (Å²) < 4.78 is 5.35. The highest BCUT2D eigenvalue weighted by Gasteiger charge is 2.53. The van der Waals surface area contributed by atoms with E-state index >= 15 is 0 Å². The van der Waals surface area contributed by atoms with Crippen LogP contribution in [0.5, 0.6) is 5.75 Å². The zero-order chi connectivity index (χ0) is 18.0. The van der Waals surface area contributed by atoms with Crippen molar-refractivity contribution in [1.29, 1.82) is 0 Å². The highest BCUT2D eigenvalue weighted by Crippen LogP contribution is 2.44. The molecule has 134 valence electrons. The van der Waals surface area contributed by atoms with Gasteiger partial charge in [-0.2, -0.15) is 11.8 Å². The lowest BCUT2D eigenvalue weighted by molar-refractivity contribution is -0.384. The van der Waals surface area contributed by atoms with Gasteiger partial charge in [0.25, 0.3) is 5.69 Å². The van der Waals surface area contributed by atoms with Crippen LogP contribution in [0.25, 0.3) is 0 Å². The number of likely N-dealkylation sites (tertiary alicyclic amines) is 1. The van der Waals surface area contributed by atoms with Gasteiger partial charge in [-0.25, -0.2) is 0 Å². The Morgan fingerprint density at radius 2 is 2.24 bits per heavy atom. The van der Waals surface area contributed by atoms with E-state index in [1.54, 1.807) is 11.8 Å². The fourth-order valence-electron chi connectivity index (χ4n) is 3.10. The van der Waals surface area contributed by atoms with Crippen molar-refractivity contribution < 1.29 is 24.4 Å². The predicted molar refractivity (Wildman–Crippen MR) is 90.3 cm³/mol. The molecule has 0 aliphatic carbocycles. The molecule has 2 heterocycles. The third-order valence-corrected chi connectivity index (χ3v) is 5.71. The van der Waals surface area contributed by atoms with Crippen LogP contribution in [0.4, 0.5) is 5.69 Å². The Morgan fingerprint density at radius 3 is 2.92 bits per heavy atom. The summed E-state index contributed by atoms with van der Waals surface area (Å²) in [6, 6.07) is 5.61. The molecule has 0 unspecified atom stereocenters. The Labute approximate surface area is 148 Å². The fourth-order valence-corrected chi connectivity index (χ4v) is 4.54. The van der Waals surface area contributed by atoms with E-state index in [-0.39, 0.29) is 42.8 Å². The van der Waals surface area contributed by atoms with Gasteiger partial charge in [-0.3, -0.25) is 24.6 Å². The Balaban J connectivity index is 1.57. The van der Waals surface area contributed by atoms with E-state index in [4.69, 9.17) is 4.74 Å². The summed E-state index contributed by atoms with van der Waals surface area (Å²) in [5.41, 5.74) is -0.708. The quantitative estimate of drug-likeness (QED) is 0.458. The largest absolute Gasteiger partial charge is 0.491 e. The summed E-state index contributed by atoms with van der Waals surface area (Å²) in [5.74, 6) is 1.29. The first-order valence-electron chi connectivity index (χ1n) is 7.89. The highest BCUT2D eigenvalue weighted by atomic mass is 32.2. The molecule has 0 bridgehead atoms. The van der Waals surface area contributed by atoms with Gasteiger partial charge in [0.05, 0.1) is 22.9 Å². The highest BCUT2D eigenvalue weighted by molar-refractivity contribution is 7.99. The fraction of sp³-hybridized carbons (Fsp3) is 0.500. The zero-order valence-corrected chi connectivity index (χ0v) is 14.2. The number of carbonyl (C=O) groups is 2. The number of thioether (sulfide) groups is 1. The topological polar surface area (TPSA) is 110 Å². The Hall–Kier alpha value is -2.13. The molecule has 1 aromatic rings. The predicted octanol–water partition coefficient (Wildman–Crippen LogP) is 1.22. The average Bonchev–Trinajstić information content (AvgIpc) is 3.14. The van der Waals surface area contributed by atoms with Gasteiger partial charge in [-0.05, 0) is 18.2 Å². The number of nitrogens with zero attached hydrogens (tertiary/aromatic N) is 2. The molecule has 2 fully saturated rings. The number of hydrogen-bond acceptors (Lipinski definition) is 7. The minimum atomic E-state index is -1.06. The molecule has 1 aromatic carbocycles. The number of non-ortho nitro benzene ring substituents is 1. The maximum atomic E-state index is 12.5. The van der Waals surface area contributed by atoms with Crippen molar-refractivity contribution in [2.24, 2.45) is 5.41 Å². The number of rotatable bonds is 6. The van der Waals surface area contributed by atoms with Crippen LogP contribution < -0.4 is 4.74 Å². The van der Waals surface area contributed by atoms with Gasteiger partial charge in [0, 0.05) is 18.2 Å². The Morgan fingerprint density at radius 1 is 1.44 bits per heavy atom. The number of nitro benzene ring substituents is 1. The lowest BCUT2D eigenvalue weighted by Crippen LogP contribution is -2.41.